The number of carbonyl (C=O) groups excluding carboxylic acids is 2. The van der Waals surface area contributed by atoms with Gasteiger partial charge in [-0.3, -0.25) is 9.59 Å². The van der Waals surface area contributed by atoms with Crippen molar-refractivity contribution >= 4 is 34.9 Å². The van der Waals surface area contributed by atoms with E-state index in [1.54, 1.807) is 30.3 Å². The average molecular weight is 391 g/mol. The first-order valence-corrected chi connectivity index (χ1v) is 9.82. The summed E-state index contributed by atoms with van der Waals surface area (Å²) in [5.74, 6) is -0.527. The van der Waals surface area contributed by atoms with E-state index in [-0.39, 0.29) is 11.8 Å². The number of amides is 2. The van der Waals surface area contributed by atoms with Crippen LogP contribution in [0, 0.1) is 6.92 Å². The van der Waals surface area contributed by atoms with Gasteiger partial charge in [0, 0.05) is 18.0 Å². The fraction of sp³-hybridized carbons (Fsp3) is 0.136. The minimum atomic E-state index is -0.310. The summed E-state index contributed by atoms with van der Waals surface area (Å²) in [5, 5.41) is 8.49. The predicted molar refractivity (Wildman–Crippen MR) is 113 cm³/mol. The summed E-state index contributed by atoms with van der Waals surface area (Å²) in [6.45, 7) is 2.43. The van der Waals surface area contributed by atoms with Crippen LogP contribution in [-0.4, -0.2) is 23.3 Å². The zero-order valence-electron chi connectivity index (χ0n) is 15.5. The molecule has 1 heterocycles. The Morgan fingerprint density at radius 2 is 1.82 bits per heavy atom. The zero-order chi connectivity index (χ0) is 19.8. The molecule has 6 heteroatoms. The number of nitrogens with zero attached hydrogens (tertiary/aromatic N) is 1. The largest absolute Gasteiger partial charge is 0.352 e. The first-order valence-electron chi connectivity index (χ1n) is 8.94. The molecule has 0 aliphatic rings. The SMILES string of the molecule is Cc1nc(/C=C/C(=O)Nc2ccccc2C(=O)NCCc2ccccc2)cs1. The summed E-state index contributed by atoms with van der Waals surface area (Å²) in [7, 11) is 0. The van der Waals surface area contributed by atoms with Crippen LogP contribution in [0.3, 0.4) is 0 Å². The van der Waals surface area contributed by atoms with Crippen LogP contribution in [0.5, 0.6) is 0 Å². The van der Waals surface area contributed by atoms with E-state index in [9.17, 15) is 9.59 Å². The summed E-state index contributed by atoms with van der Waals surface area (Å²) < 4.78 is 0. The number of hydrogen-bond donors (Lipinski definition) is 2. The van der Waals surface area contributed by atoms with E-state index in [0.717, 1.165) is 22.7 Å². The van der Waals surface area contributed by atoms with Crippen molar-refractivity contribution in [3.8, 4) is 0 Å². The number of para-hydroxylation sites is 1. The number of carbonyl (C=O) groups is 2. The van der Waals surface area contributed by atoms with Crippen molar-refractivity contribution in [1.29, 1.82) is 0 Å². The Labute approximate surface area is 168 Å². The van der Waals surface area contributed by atoms with Gasteiger partial charge in [-0.05, 0) is 37.1 Å². The molecule has 0 saturated carbocycles. The van der Waals surface area contributed by atoms with Gasteiger partial charge < -0.3 is 10.6 Å². The van der Waals surface area contributed by atoms with Gasteiger partial charge in [0.15, 0.2) is 0 Å². The normalized spacial score (nSPS) is 10.8. The number of aryl methyl sites for hydroxylation is 1. The summed E-state index contributed by atoms with van der Waals surface area (Å²) >= 11 is 1.53. The third-order valence-electron chi connectivity index (χ3n) is 4.01. The fourth-order valence-electron chi connectivity index (χ4n) is 2.64. The first-order chi connectivity index (χ1) is 13.6. The molecule has 2 N–H and O–H groups in total. The fourth-order valence-corrected chi connectivity index (χ4v) is 3.22. The molecule has 0 radical (unpaired) electrons. The zero-order valence-corrected chi connectivity index (χ0v) is 16.3. The van der Waals surface area contributed by atoms with Crippen molar-refractivity contribution in [3.05, 3.63) is 87.9 Å². The average Bonchev–Trinajstić information content (AvgIpc) is 3.13. The molecule has 0 saturated heterocycles. The number of anilines is 1. The molecule has 3 aromatic rings. The van der Waals surface area contributed by atoms with Crippen molar-refractivity contribution in [2.45, 2.75) is 13.3 Å². The second-order valence-electron chi connectivity index (χ2n) is 6.15. The lowest BCUT2D eigenvalue weighted by Gasteiger charge is -2.10. The van der Waals surface area contributed by atoms with Crippen LogP contribution in [-0.2, 0) is 11.2 Å². The van der Waals surface area contributed by atoms with Gasteiger partial charge in [-0.15, -0.1) is 11.3 Å². The summed E-state index contributed by atoms with van der Waals surface area (Å²) in [6.07, 6.45) is 3.82. The number of rotatable bonds is 7. The number of benzene rings is 2. The third-order valence-corrected chi connectivity index (χ3v) is 4.81. The van der Waals surface area contributed by atoms with Crippen molar-refractivity contribution in [2.75, 3.05) is 11.9 Å². The lowest BCUT2D eigenvalue weighted by Crippen LogP contribution is -2.27. The number of thiazole rings is 1. The second-order valence-corrected chi connectivity index (χ2v) is 7.21. The maximum Gasteiger partial charge on any atom is 0.253 e. The van der Waals surface area contributed by atoms with Crippen LogP contribution in [0.2, 0.25) is 0 Å². The molecule has 142 valence electrons. The van der Waals surface area contributed by atoms with Crippen LogP contribution >= 0.6 is 11.3 Å². The Hall–Kier alpha value is -3.25. The van der Waals surface area contributed by atoms with E-state index in [0.29, 0.717) is 17.8 Å². The van der Waals surface area contributed by atoms with E-state index in [1.807, 2.05) is 42.6 Å². The molecule has 1 aromatic heterocycles. The number of aromatic nitrogens is 1. The van der Waals surface area contributed by atoms with E-state index < -0.39 is 0 Å². The van der Waals surface area contributed by atoms with Crippen molar-refractivity contribution in [2.24, 2.45) is 0 Å². The molecule has 2 amide bonds. The number of nitrogens with one attached hydrogen (secondary N) is 2. The number of hydrogen-bond acceptors (Lipinski definition) is 4. The summed E-state index contributed by atoms with van der Waals surface area (Å²) in [4.78, 5) is 29.0. The van der Waals surface area contributed by atoms with Gasteiger partial charge >= 0.3 is 0 Å². The standard InChI is InChI=1S/C22H21N3O2S/c1-16-24-18(15-28-16)11-12-21(26)25-20-10-6-5-9-19(20)22(27)23-14-13-17-7-3-2-4-8-17/h2-12,15H,13-14H2,1H3,(H,23,27)(H,25,26)/b12-11+. The van der Waals surface area contributed by atoms with Gasteiger partial charge in [0.1, 0.15) is 0 Å². The molecule has 0 bridgehead atoms. The van der Waals surface area contributed by atoms with E-state index in [4.69, 9.17) is 0 Å². The molecule has 0 fully saturated rings. The molecule has 5 nitrogen and oxygen atoms in total. The van der Waals surface area contributed by atoms with E-state index in [1.165, 1.54) is 17.4 Å². The smallest absolute Gasteiger partial charge is 0.253 e. The minimum absolute atomic E-state index is 0.217. The topological polar surface area (TPSA) is 71.1 Å². The van der Waals surface area contributed by atoms with Crippen LogP contribution in [0.4, 0.5) is 5.69 Å². The lowest BCUT2D eigenvalue weighted by molar-refractivity contribution is -0.111. The Bertz CT molecular complexity index is 980. The lowest BCUT2D eigenvalue weighted by atomic mass is 10.1. The molecule has 0 unspecified atom stereocenters. The summed E-state index contributed by atoms with van der Waals surface area (Å²) in [6, 6.07) is 16.9. The van der Waals surface area contributed by atoms with Gasteiger partial charge in [0.25, 0.3) is 5.91 Å². The quantitative estimate of drug-likeness (QED) is 0.596. The van der Waals surface area contributed by atoms with Gasteiger partial charge in [-0.25, -0.2) is 4.98 Å². The Morgan fingerprint density at radius 1 is 1.07 bits per heavy atom. The molecule has 0 atom stereocenters. The molecule has 0 spiro atoms. The monoisotopic (exact) mass is 391 g/mol. The molecule has 28 heavy (non-hydrogen) atoms. The molecule has 2 aromatic carbocycles. The molecular formula is C22H21N3O2S. The molecule has 0 aliphatic carbocycles. The first kappa shape index (κ1) is 19.5. The Balaban J connectivity index is 1.59. The Kier molecular flexibility index (Phi) is 6.70. The minimum Gasteiger partial charge on any atom is -0.352 e. The van der Waals surface area contributed by atoms with Crippen molar-refractivity contribution in [1.82, 2.24) is 10.3 Å². The van der Waals surface area contributed by atoms with Gasteiger partial charge in [0.2, 0.25) is 5.91 Å². The van der Waals surface area contributed by atoms with Crippen molar-refractivity contribution in [3.63, 3.8) is 0 Å². The van der Waals surface area contributed by atoms with Crippen LogP contribution in [0.15, 0.2) is 66.1 Å². The summed E-state index contributed by atoms with van der Waals surface area (Å²) in [5.41, 5.74) is 2.81. The second kappa shape index (κ2) is 9.62. The van der Waals surface area contributed by atoms with Crippen LogP contribution in [0.25, 0.3) is 6.08 Å². The highest BCUT2D eigenvalue weighted by Crippen LogP contribution is 2.15. The third kappa shape index (κ3) is 5.62. The highest BCUT2D eigenvalue weighted by molar-refractivity contribution is 7.09. The molecular weight excluding hydrogens is 370 g/mol. The van der Waals surface area contributed by atoms with E-state index in [2.05, 4.69) is 15.6 Å². The maximum absolute atomic E-state index is 12.5. The molecule has 0 aliphatic heterocycles. The maximum atomic E-state index is 12.5. The van der Waals surface area contributed by atoms with Crippen molar-refractivity contribution < 1.29 is 9.59 Å². The van der Waals surface area contributed by atoms with Gasteiger partial charge in [-0.1, -0.05) is 42.5 Å². The highest BCUT2D eigenvalue weighted by atomic mass is 32.1. The van der Waals surface area contributed by atoms with Crippen LogP contribution in [0.1, 0.15) is 26.6 Å². The van der Waals surface area contributed by atoms with E-state index >= 15 is 0 Å². The van der Waals surface area contributed by atoms with Gasteiger partial charge in [0.05, 0.1) is 22.0 Å². The predicted octanol–water partition coefficient (Wildman–Crippen LogP) is 4.08. The van der Waals surface area contributed by atoms with Gasteiger partial charge in [-0.2, -0.15) is 0 Å². The highest BCUT2D eigenvalue weighted by Gasteiger charge is 2.11. The molecule has 3 rings (SSSR count). The van der Waals surface area contributed by atoms with Crippen LogP contribution < -0.4 is 10.6 Å². The Morgan fingerprint density at radius 3 is 2.57 bits per heavy atom.